The van der Waals surface area contributed by atoms with Gasteiger partial charge in [-0.2, -0.15) is 0 Å². The molecule has 1 amide bonds. The lowest BCUT2D eigenvalue weighted by Gasteiger charge is -2.03. The summed E-state index contributed by atoms with van der Waals surface area (Å²) < 4.78 is 2.12. The average molecular weight is 301 g/mol. The molecule has 0 aliphatic carbocycles. The van der Waals surface area contributed by atoms with E-state index >= 15 is 0 Å². The van der Waals surface area contributed by atoms with E-state index in [2.05, 4.69) is 15.3 Å². The summed E-state index contributed by atoms with van der Waals surface area (Å²) in [4.78, 5) is 31.5. The SMILES string of the molecule is Nc1ccc2nc(NC(=O)Cn3cnccc3=O)sc2c1. The van der Waals surface area contributed by atoms with Gasteiger partial charge in [0.25, 0.3) is 5.56 Å². The minimum Gasteiger partial charge on any atom is -0.399 e. The highest BCUT2D eigenvalue weighted by molar-refractivity contribution is 7.22. The van der Waals surface area contributed by atoms with Gasteiger partial charge in [-0.1, -0.05) is 11.3 Å². The lowest BCUT2D eigenvalue weighted by molar-refractivity contribution is -0.116. The molecule has 2 heterocycles. The lowest BCUT2D eigenvalue weighted by atomic mass is 10.3. The van der Waals surface area contributed by atoms with E-state index in [1.54, 1.807) is 18.2 Å². The first-order chi connectivity index (χ1) is 10.1. The van der Waals surface area contributed by atoms with Crippen LogP contribution in [0.25, 0.3) is 10.2 Å². The number of nitrogen functional groups attached to an aromatic ring is 1. The molecule has 0 saturated heterocycles. The van der Waals surface area contributed by atoms with E-state index in [0.717, 1.165) is 10.2 Å². The summed E-state index contributed by atoms with van der Waals surface area (Å²) in [6, 6.07) is 6.65. The van der Waals surface area contributed by atoms with Gasteiger partial charge >= 0.3 is 0 Å². The maximum absolute atomic E-state index is 11.9. The van der Waals surface area contributed by atoms with E-state index in [-0.39, 0.29) is 18.0 Å². The molecule has 3 N–H and O–H groups in total. The van der Waals surface area contributed by atoms with Crippen LogP contribution in [0.3, 0.4) is 0 Å². The highest BCUT2D eigenvalue weighted by Crippen LogP contribution is 2.27. The normalized spacial score (nSPS) is 10.7. The van der Waals surface area contributed by atoms with Crippen LogP contribution < -0.4 is 16.6 Å². The molecular formula is C13H11N5O2S. The van der Waals surface area contributed by atoms with Crippen LogP contribution in [0.1, 0.15) is 0 Å². The Morgan fingerprint density at radius 1 is 1.38 bits per heavy atom. The molecule has 0 atom stereocenters. The maximum Gasteiger partial charge on any atom is 0.253 e. The van der Waals surface area contributed by atoms with Gasteiger partial charge in [0.2, 0.25) is 5.91 Å². The molecule has 8 heteroatoms. The third-order valence-electron chi connectivity index (χ3n) is 2.77. The number of benzene rings is 1. The minimum atomic E-state index is -0.336. The van der Waals surface area contributed by atoms with Crippen LogP contribution >= 0.6 is 11.3 Å². The molecule has 0 aliphatic rings. The predicted octanol–water partition coefficient (Wildman–Crippen LogP) is 1.07. The molecule has 0 radical (unpaired) electrons. The number of hydrogen-bond donors (Lipinski definition) is 2. The zero-order valence-corrected chi connectivity index (χ0v) is 11.6. The molecule has 0 bridgehead atoms. The molecule has 21 heavy (non-hydrogen) atoms. The summed E-state index contributed by atoms with van der Waals surface area (Å²) in [6.45, 7) is -0.106. The minimum absolute atomic E-state index is 0.106. The van der Waals surface area contributed by atoms with Crippen molar-refractivity contribution in [3.05, 3.63) is 47.1 Å². The average Bonchev–Trinajstić information content (AvgIpc) is 2.82. The smallest absolute Gasteiger partial charge is 0.253 e. The Morgan fingerprint density at radius 2 is 2.24 bits per heavy atom. The summed E-state index contributed by atoms with van der Waals surface area (Å²) in [6.07, 6.45) is 2.70. The van der Waals surface area contributed by atoms with Crippen molar-refractivity contribution in [2.45, 2.75) is 6.54 Å². The summed E-state index contributed by atoms with van der Waals surface area (Å²) in [5, 5.41) is 3.14. The van der Waals surface area contributed by atoms with Gasteiger partial charge in [-0.05, 0) is 18.2 Å². The number of aromatic nitrogens is 3. The van der Waals surface area contributed by atoms with Crippen LogP contribution in [0.15, 0.2) is 41.6 Å². The lowest BCUT2D eigenvalue weighted by Crippen LogP contribution is -2.26. The number of rotatable bonds is 3. The number of fused-ring (bicyclic) bond motifs is 1. The van der Waals surface area contributed by atoms with Crippen molar-refractivity contribution >= 4 is 38.3 Å². The molecule has 0 spiro atoms. The molecule has 106 valence electrons. The number of amides is 1. The molecule has 7 nitrogen and oxygen atoms in total. The third-order valence-corrected chi connectivity index (χ3v) is 3.70. The van der Waals surface area contributed by atoms with Crippen LogP contribution in [0.4, 0.5) is 10.8 Å². The summed E-state index contributed by atoms with van der Waals surface area (Å²) in [5.41, 5.74) is 6.83. The largest absolute Gasteiger partial charge is 0.399 e. The van der Waals surface area contributed by atoms with Gasteiger partial charge in [0, 0.05) is 18.0 Å². The maximum atomic E-state index is 11.9. The van der Waals surface area contributed by atoms with Crippen LogP contribution in [0, 0.1) is 0 Å². The van der Waals surface area contributed by atoms with E-state index in [4.69, 9.17) is 5.73 Å². The molecule has 0 saturated carbocycles. The Kier molecular flexibility index (Phi) is 3.36. The first-order valence-corrected chi connectivity index (χ1v) is 6.90. The third kappa shape index (κ3) is 2.90. The first kappa shape index (κ1) is 13.3. The van der Waals surface area contributed by atoms with E-state index < -0.39 is 0 Å². The van der Waals surface area contributed by atoms with Crippen LogP contribution in [0.5, 0.6) is 0 Å². The number of nitrogens with one attached hydrogen (secondary N) is 1. The molecule has 0 unspecified atom stereocenters. The highest BCUT2D eigenvalue weighted by atomic mass is 32.1. The Labute approximate surface area is 123 Å². The molecular weight excluding hydrogens is 290 g/mol. The van der Waals surface area contributed by atoms with E-state index in [9.17, 15) is 9.59 Å². The van der Waals surface area contributed by atoms with Crippen LogP contribution in [-0.2, 0) is 11.3 Å². The zero-order valence-electron chi connectivity index (χ0n) is 10.8. The Balaban J connectivity index is 1.77. The Bertz CT molecular complexity index is 870. The summed E-state index contributed by atoms with van der Waals surface area (Å²) in [5.74, 6) is -0.336. The molecule has 2 aromatic heterocycles. The van der Waals surface area contributed by atoms with E-state index in [0.29, 0.717) is 10.8 Å². The van der Waals surface area contributed by atoms with Gasteiger partial charge < -0.3 is 11.1 Å². The van der Waals surface area contributed by atoms with Gasteiger partial charge in [0.05, 0.1) is 16.5 Å². The van der Waals surface area contributed by atoms with Gasteiger partial charge in [0.1, 0.15) is 6.54 Å². The fourth-order valence-electron chi connectivity index (χ4n) is 1.81. The second-order valence-electron chi connectivity index (χ2n) is 4.34. The van der Waals surface area contributed by atoms with Crippen molar-refractivity contribution in [3.63, 3.8) is 0 Å². The first-order valence-electron chi connectivity index (χ1n) is 6.08. The Morgan fingerprint density at radius 3 is 3.05 bits per heavy atom. The number of hydrogen-bond acceptors (Lipinski definition) is 6. The van der Waals surface area contributed by atoms with Gasteiger partial charge in [-0.25, -0.2) is 9.97 Å². The summed E-state index contributed by atoms with van der Waals surface area (Å²) in [7, 11) is 0. The van der Waals surface area contributed by atoms with Crippen molar-refractivity contribution in [2.75, 3.05) is 11.1 Å². The second kappa shape index (κ2) is 5.33. The molecule has 3 rings (SSSR count). The molecule has 3 aromatic rings. The molecule has 1 aromatic carbocycles. The van der Waals surface area contributed by atoms with E-state index in [1.165, 1.54) is 34.5 Å². The summed E-state index contributed by atoms with van der Waals surface area (Å²) >= 11 is 1.33. The fourth-order valence-corrected chi connectivity index (χ4v) is 2.74. The quantitative estimate of drug-likeness (QED) is 0.704. The van der Waals surface area contributed by atoms with Crippen molar-refractivity contribution in [1.29, 1.82) is 0 Å². The monoisotopic (exact) mass is 301 g/mol. The van der Waals surface area contributed by atoms with Crippen LogP contribution in [0.2, 0.25) is 0 Å². The van der Waals surface area contributed by atoms with Crippen molar-refractivity contribution in [2.24, 2.45) is 0 Å². The number of anilines is 2. The van der Waals surface area contributed by atoms with Crippen molar-refractivity contribution < 1.29 is 4.79 Å². The number of nitrogens with two attached hydrogens (primary N) is 1. The Hall–Kier alpha value is -2.74. The molecule has 0 aliphatic heterocycles. The second-order valence-corrected chi connectivity index (χ2v) is 5.37. The van der Waals surface area contributed by atoms with Crippen molar-refractivity contribution in [1.82, 2.24) is 14.5 Å². The van der Waals surface area contributed by atoms with Crippen molar-refractivity contribution in [3.8, 4) is 0 Å². The topological polar surface area (TPSA) is 103 Å². The van der Waals surface area contributed by atoms with Gasteiger partial charge in [-0.3, -0.25) is 14.2 Å². The zero-order chi connectivity index (χ0) is 14.8. The number of nitrogens with zero attached hydrogens (tertiary/aromatic N) is 3. The van der Waals surface area contributed by atoms with E-state index in [1.807, 2.05) is 0 Å². The van der Waals surface area contributed by atoms with Gasteiger partial charge in [-0.15, -0.1) is 0 Å². The number of carbonyl (C=O) groups excluding carboxylic acids is 1. The van der Waals surface area contributed by atoms with Crippen LogP contribution in [-0.4, -0.2) is 20.4 Å². The molecule has 0 fully saturated rings. The highest BCUT2D eigenvalue weighted by Gasteiger charge is 2.09. The predicted molar refractivity (Wildman–Crippen MR) is 81.2 cm³/mol. The fraction of sp³-hybridized carbons (Fsp3) is 0.0769. The number of carbonyl (C=O) groups is 1. The standard InChI is InChI=1S/C13H11N5O2S/c14-8-1-2-9-10(5-8)21-13(16-9)17-11(19)6-18-7-15-4-3-12(18)20/h1-5,7H,6,14H2,(H,16,17,19). The van der Waals surface area contributed by atoms with Gasteiger partial charge in [0.15, 0.2) is 5.13 Å². The number of thiazole rings is 1.